The highest BCUT2D eigenvalue weighted by Gasteiger charge is 2.12. The van der Waals surface area contributed by atoms with Gasteiger partial charge in [0.05, 0.1) is 5.69 Å². The van der Waals surface area contributed by atoms with Crippen molar-refractivity contribution in [2.75, 3.05) is 0 Å². The average molecular weight is 257 g/mol. The van der Waals surface area contributed by atoms with Crippen molar-refractivity contribution in [3.63, 3.8) is 0 Å². The fraction of sp³-hybridized carbons (Fsp3) is 0.438. The zero-order valence-electron chi connectivity index (χ0n) is 12.2. The Morgan fingerprint density at radius 1 is 1.21 bits per heavy atom. The van der Waals surface area contributed by atoms with Crippen molar-refractivity contribution in [1.29, 1.82) is 0 Å². The SMILES string of the molecule is Cc1ccc(C(N)Cc2ccn(C(C)C)n2)c(C)c1. The van der Waals surface area contributed by atoms with Crippen molar-refractivity contribution in [1.82, 2.24) is 9.78 Å². The molecule has 0 aliphatic rings. The first-order valence-electron chi connectivity index (χ1n) is 6.84. The summed E-state index contributed by atoms with van der Waals surface area (Å²) >= 11 is 0. The predicted molar refractivity (Wildman–Crippen MR) is 79.2 cm³/mol. The molecule has 1 atom stereocenters. The number of aromatic nitrogens is 2. The van der Waals surface area contributed by atoms with Crippen LogP contribution in [0.25, 0.3) is 0 Å². The minimum atomic E-state index is 0.0103. The number of hydrogen-bond acceptors (Lipinski definition) is 2. The Morgan fingerprint density at radius 2 is 1.95 bits per heavy atom. The predicted octanol–water partition coefficient (Wildman–Crippen LogP) is 3.32. The standard InChI is InChI=1S/C16H23N3/c1-11(2)19-8-7-14(18-19)10-16(17)15-6-5-12(3)9-13(15)4/h5-9,11,16H,10,17H2,1-4H3. The van der Waals surface area contributed by atoms with Crippen molar-refractivity contribution >= 4 is 0 Å². The van der Waals surface area contributed by atoms with E-state index in [1.165, 1.54) is 16.7 Å². The van der Waals surface area contributed by atoms with E-state index >= 15 is 0 Å². The van der Waals surface area contributed by atoms with Crippen LogP contribution in [0.3, 0.4) is 0 Å². The van der Waals surface area contributed by atoms with E-state index in [4.69, 9.17) is 5.73 Å². The molecule has 0 saturated heterocycles. The lowest BCUT2D eigenvalue weighted by Gasteiger charge is -2.14. The van der Waals surface area contributed by atoms with Gasteiger partial charge in [0.2, 0.25) is 0 Å². The summed E-state index contributed by atoms with van der Waals surface area (Å²) in [7, 11) is 0. The molecule has 1 heterocycles. The van der Waals surface area contributed by atoms with Crippen LogP contribution in [0, 0.1) is 13.8 Å². The molecule has 1 aromatic carbocycles. The second-order valence-corrected chi connectivity index (χ2v) is 5.55. The van der Waals surface area contributed by atoms with Crippen molar-refractivity contribution in [2.24, 2.45) is 5.73 Å². The van der Waals surface area contributed by atoms with Crippen LogP contribution in [0.2, 0.25) is 0 Å². The van der Waals surface area contributed by atoms with Gasteiger partial charge in [0.25, 0.3) is 0 Å². The van der Waals surface area contributed by atoms with Crippen LogP contribution in [-0.4, -0.2) is 9.78 Å². The molecule has 1 unspecified atom stereocenters. The van der Waals surface area contributed by atoms with E-state index in [0.717, 1.165) is 12.1 Å². The highest BCUT2D eigenvalue weighted by Crippen LogP contribution is 2.20. The van der Waals surface area contributed by atoms with Gasteiger partial charge in [-0.15, -0.1) is 0 Å². The molecule has 1 aromatic heterocycles. The lowest BCUT2D eigenvalue weighted by molar-refractivity contribution is 0.522. The zero-order valence-corrected chi connectivity index (χ0v) is 12.2. The number of nitrogens with zero attached hydrogens (tertiary/aromatic N) is 2. The average Bonchev–Trinajstić information content (AvgIpc) is 2.77. The molecular formula is C16H23N3. The van der Waals surface area contributed by atoms with Crippen molar-refractivity contribution in [2.45, 2.75) is 46.2 Å². The van der Waals surface area contributed by atoms with E-state index in [-0.39, 0.29) is 6.04 Å². The molecule has 102 valence electrons. The Balaban J connectivity index is 2.13. The topological polar surface area (TPSA) is 43.8 Å². The van der Waals surface area contributed by atoms with Crippen molar-refractivity contribution in [3.8, 4) is 0 Å². The highest BCUT2D eigenvalue weighted by molar-refractivity contribution is 5.33. The number of benzene rings is 1. The van der Waals surface area contributed by atoms with E-state index in [1.807, 2.05) is 10.9 Å². The highest BCUT2D eigenvalue weighted by atomic mass is 15.3. The largest absolute Gasteiger partial charge is 0.324 e. The number of rotatable bonds is 4. The molecule has 0 aliphatic carbocycles. The van der Waals surface area contributed by atoms with Gasteiger partial charge in [-0.1, -0.05) is 23.8 Å². The molecule has 0 aliphatic heterocycles. The summed E-state index contributed by atoms with van der Waals surface area (Å²) in [6.45, 7) is 8.48. The Kier molecular flexibility index (Phi) is 4.05. The number of nitrogens with two attached hydrogens (primary N) is 1. The first kappa shape index (κ1) is 13.8. The maximum atomic E-state index is 6.31. The molecule has 0 bridgehead atoms. The molecular weight excluding hydrogens is 234 g/mol. The summed E-state index contributed by atoms with van der Waals surface area (Å²) in [5.74, 6) is 0. The minimum absolute atomic E-state index is 0.0103. The minimum Gasteiger partial charge on any atom is -0.324 e. The van der Waals surface area contributed by atoms with Crippen LogP contribution in [-0.2, 0) is 6.42 Å². The summed E-state index contributed by atoms with van der Waals surface area (Å²) in [5.41, 5.74) is 11.1. The van der Waals surface area contributed by atoms with Crippen LogP contribution in [0.1, 0.15) is 48.3 Å². The zero-order chi connectivity index (χ0) is 14.0. The van der Waals surface area contributed by atoms with Crippen molar-refractivity contribution < 1.29 is 0 Å². The lowest BCUT2D eigenvalue weighted by atomic mass is 9.97. The third-order valence-corrected chi connectivity index (χ3v) is 3.45. The summed E-state index contributed by atoms with van der Waals surface area (Å²) in [5, 5.41) is 4.56. The fourth-order valence-electron chi connectivity index (χ4n) is 2.35. The molecule has 0 saturated carbocycles. The maximum Gasteiger partial charge on any atom is 0.0643 e. The van der Waals surface area contributed by atoms with Crippen molar-refractivity contribution in [3.05, 3.63) is 52.8 Å². The third kappa shape index (κ3) is 3.24. The second-order valence-electron chi connectivity index (χ2n) is 5.55. The molecule has 19 heavy (non-hydrogen) atoms. The van der Waals surface area contributed by atoms with E-state index in [2.05, 4.69) is 57.1 Å². The molecule has 0 amide bonds. The Bertz CT molecular complexity index is 555. The maximum absolute atomic E-state index is 6.31. The van der Waals surface area contributed by atoms with Gasteiger partial charge >= 0.3 is 0 Å². The number of hydrogen-bond donors (Lipinski definition) is 1. The lowest BCUT2D eigenvalue weighted by Crippen LogP contribution is -2.15. The van der Waals surface area contributed by atoms with Crippen LogP contribution in [0.4, 0.5) is 0 Å². The summed E-state index contributed by atoms with van der Waals surface area (Å²) in [6.07, 6.45) is 2.80. The van der Waals surface area contributed by atoms with Crippen LogP contribution in [0.15, 0.2) is 30.5 Å². The monoisotopic (exact) mass is 257 g/mol. The number of aryl methyl sites for hydroxylation is 2. The third-order valence-electron chi connectivity index (χ3n) is 3.45. The smallest absolute Gasteiger partial charge is 0.0643 e. The normalized spacial score (nSPS) is 12.9. The van der Waals surface area contributed by atoms with Gasteiger partial charge in [0.15, 0.2) is 0 Å². The van der Waals surface area contributed by atoms with Gasteiger partial charge in [-0.2, -0.15) is 5.10 Å². The summed E-state index contributed by atoms with van der Waals surface area (Å²) in [4.78, 5) is 0. The summed E-state index contributed by atoms with van der Waals surface area (Å²) in [6, 6.07) is 8.90. The van der Waals surface area contributed by atoms with Gasteiger partial charge < -0.3 is 5.73 Å². The summed E-state index contributed by atoms with van der Waals surface area (Å²) < 4.78 is 1.98. The van der Waals surface area contributed by atoms with E-state index in [0.29, 0.717) is 6.04 Å². The van der Waals surface area contributed by atoms with Gasteiger partial charge in [-0.3, -0.25) is 4.68 Å². The second kappa shape index (κ2) is 5.57. The van der Waals surface area contributed by atoms with Crippen LogP contribution in [0.5, 0.6) is 0 Å². The molecule has 0 spiro atoms. The molecule has 0 radical (unpaired) electrons. The molecule has 0 fully saturated rings. The molecule has 2 N–H and O–H groups in total. The van der Waals surface area contributed by atoms with Gasteiger partial charge in [0.1, 0.15) is 0 Å². The van der Waals surface area contributed by atoms with Gasteiger partial charge in [-0.05, 0) is 44.9 Å². The fourth-order valence-corrected chi connectivity index (χ4v) is 2.35. The Labute approximate surface area is 115 Å². The molecule has 2 rings (SSSR count). The van der Waals surface area contributed by atoms with E-state index in [1.54, 1.807) is 0 Å². The van der Waals surface area contributed by atoms with Crippen LogP contribution < -0.4 is 5.73 Å². The van der Waals surface area contributed by atoms with Crippen LogP contribution >= 0.6 is 0 Å². The quantitative estimate of drug-likeness (QED) is 0.913. The molecule has 2 aromatic rings. The van der Waals surface area contributed by atoms with E-state index in [9.17, 15) is 0 Å². The Morgan fingerprint density at radius 3 is 2.53 bits per heavy atom. The van der Waals surface area contributed by atoms with E-state index < -0.39 is 0 Å². The van der Waals surface area contributed by atoms with Gasteiger partial charge in [0, 0.05) is 24.7 Å². The Hall–Kier alpha value is -1.61. The van der Waals surface area contributed by atoms with Gasteiger partial charge in [-0.25, -0.2) is 0 Å². The molecule has 3 heteroatoms. The molecule has 3 nitrogen and oxygen atoms in total. The first-order valence-corrected chi connectivity index (χ1v) is 6.84. The first-order chi connectivity index (χ1) is 8.97.